The standard InChI is InChI=1S/C30H38N4O7/c1-16(31-2)29(39)33-13-5-11-32-12-6-14-34-30(40)17-9-10-18-20(15-17)27(37)23-24(25(18)35)28(38)22-19(26(23)36)7-4-8-21(22)41-3/h4,7-8,16-17,31-32,35,37H,5-6,9-15H2,1-3H3,(H,33,39)(H,34,40). The number of carbonyl (C=O) groups excluding carboxylic acids is 4. The first-order valence-electron chi connectivity index (χ1n) is 14.0. The Labute approximate surface area is 239 Å². The Balaban J connectivity index is 1.32. The van der Waals surface area contributed by atoms with Gasteiger partial charge in [-0.25, -0.2) is 0 Å². The largest absolute Gasteiger partial charge is 0.507 e. The summed E-state index contributed by atoms with van der Waals surface area (Å²) in [6, 6.07) is 4.42. The second-order valence-electron chi connectivity index (χ2n) is 10.4. The summed E-state index contributed by atoms with van der Waals surface area (Å²) in [6.07, 6.45) is 2.38. The average Bonchev–Trinajstić information content (AvgIpc) is 2.99. The van der Waals surface area contributed by atoms with Gasteiger partial charge in [-0.3, -0.25) is 19.2 Å². The quantitative estimate of drug-likeness (QED) is 0.139. The van der Waals surface area contributed by atoms with Gasteiger partial charge < -0.3 is 36.2 Å². The van der Waals surface area contributed by atoms with E-state index in [0.717, 1.165) is 19.4 Å². The summed E-state index contributed by atoms with van der Waals surface area (Å²) in [4.78, 5) is 51.4. The van der Waals surface area contributed by atoms with Crippen molar-refractivity contribution in [2.45, 2.75) is 45.1 Å². The number of rotatable bonds is 12. The fraction of sp³-hybridized carbons (Fsp3) is 0.467. The predicted molar refractivity (Wildman–Crippen MR) is 152 cm³/mol. The van der Waals surface area contributed by atoms with E-state index in [1.54, 1.807) is 26.1 Å². The van der Waals surface area contributed by atoms with Crippen LogP contribution in [0.5, 0.6) is 17.2 Å². The third-order valence-corrected chi connectivity index (χ3v) is 7.88. The zero-order valence-corrected chi connectivity index (χ0v) is 23.7. The molecule has 2 atom stereocenters. The van der Waals surface area contributed by atoms with Crippen LogP contribution in [0.2, 0.25) is 0 Å². The van der Waals surface area contributed by atoms with Crippen LogP contribution >= 0.6 is 0 Å². The van der Waals surface area contributed by atoms with Crippen molar-refractivity contribution >= 4 is 23.4 Å². The Morgan fingerprint density at radius 2 is 1.61 bits per heavy atom. The SMILES string of the molecule is CNC(C)C(=O)NCCCNCCCNC(=O)C1CCc2c(O)c3c(c(O)c2C1)C(=O)c1cccc(OC)c1C3=O. The van der Waals surface area contributed by atoms with Crippen LogP contribution in [0.15, 0.2) is 18.2 Å². The topological polar surface area (TPSA) is 166 Å². The summed E-state index contributed by atoms with van der Waals surface area (Å²) in [6.45, 7) is 4.31. The zero-order chi connectivity index (χ0) is 29.7. The fourth-order valence-corrected chi connectivity index (χ4v) is 5.43. The van der Waals surface area contributed by atoms with Gasteiger partial charge in [-0.2, -0.15) is 0 Å². The van der Waals surface area contributed by atoms with Crippen molar-refractivity contribution in [2.75, 3.05) is 40.3 Å². The van der Waals surface area contributed by atoms with Gasteiger partial charge in [0.1, 0.15) is 17.2 Å². The minimum absolute atomic E-state index is 0.0324. The molecule has 0 radical (unpaired) electrons. The molecular weight excluding hydrogens is 528 g/mol. The van der Waals surface area contributed by atoms with Crippen molar-refractivity contribution < 1.29 is 34.1 Å². The number of ether oxygens (including phenoxy) is 1. The number of phenolic OH excluding ortho intramolecular Hbond substituents is 2. The third kappa shape index (κ3) is 6.06. The number of carbonyl (C=O) groups is 4. The Kier molecular flexibility index (Phi) is 9.61. The van der Waals surface area contributed by atoms with Gasteiger partial charge >= 0.3 is 0 Å². The lowest BCUT2D eigenvalue weighted by Crippen LogP contribution is -2.41. The molecule has 6 N–H and O–H groups in total. The summed E-state index contributed by atoms with van der Waals surface area (Å²) in [5, 5.41) is 34.2. The minimum atomic E-state index is -0.579. The molecule has 2 aromatic carbocycles. The molecule has 0 heterocycles. The minimum Gasteiger partial charge on any atom is -0.507 e. The van der Waals surface area contributed by atoms with Gasteiger partial charge in [-0.05, 0) is 65.2 Å². The molecule has 11 nitrogen and oxygen atoms in total. The number of phenols is 2. The third-order valence-electron chi connectivity index (χ3n) is 7.88. The smallest absolute Gasteiger partial charge is 0.236 e. The molecule has 0 saturated heterocycles. The molecule has 0 bridgehead atoms. The summed E-state index contributed by atoms with van der Waals surface area (Å²) in [5.74, 6) is -2.23. The van der Waals surface area contributed by atoms with E-state index >= 15 is 0 Å². The molecular formula is C30H38N4O7. The summed E-state index contributed by atoms with van der Waals surface area (Å²) in [7, 11) is 3.13. The highest BCUT2D eigenvalue weighted by Crippen LogP contribution is 2.47. The van der Waals surface area contributed by atoms with Crippen LogP contribution < -0.4 is 26.0 Å². The molecule has 2 unspecified atom stereocenters. The number of benzene rings is 2. The Morgan fingerprint density at radius 3 is 2.29 bits per heavy atom. The van der Waals surface area contributed by atoms with Gasteiger partial charge in [0.15, 0.2) is 5.78 Å². The van der Waals surface area contributed by atoms with Crippen LogP contribution in [0.4, 0.5) is 0 Å². The molecule has 2 amide bonds. The first-order chi connectivity index (χ1) is 19.7. The normalized spacial score (nSPS) is 16.3. The maximum Gasteiger partial charge on any atom is 0.236 e. The highest BCUT2D eigenvalue weighted by Gasteiger charge is 2.41. The molecule has 0 aromatic heterocycles. The highest BCUT2D eigenvalue weighted by molar-refractivity contribution is 6.31. The molecule has 220 valence electrons. The number of hydrogen-bond acceptors (Lipinski definition) is 9. The molecule has 4 rings (SSSR count). The second-order valence-corrected chi connectivity index (χ2v) is 10.4. The van der Waals surface area contributed by atoms with E-state index in [2.05, 4.69) is 21.3 Å². The lowest BCUT2D eigenvalue weighted by molar-refractivity contribution is -0.125. The van der Waals surface area contributed by atoms with Crippen LogP contribution in [-0.4, -0.2) is 80.0 Å². The highest BCUT2D eigenvalue weighted by atomic mass is 16.5. The number of hydrogen-bond donors (Lipinski definition) is 6. The Bertz CT molecular complexity index is 1360. The van der Waals surface area contributed by atoms with Crippen LogP contribution in [0, 0.1) is 5.92 Å². The van der Waals surface area contributed by atoms with Crippen LogP contribution in [-0.2, 0) is 22.4 Å². The van der Waals surface area contributed by atoms with Crippen molar-refractivity contribution in [3.05, 3.63) is 51.6 Å². The first-order valence-corrected chi connectivity index (χ1v) is 14.0. The average molecular weight is 567 g/mol. The Morgan fingerprint density at radius 1 is 0.951 bits per heavy atom. The lowest BCUT2D eigenvalue weighted by Gasteiger charge is -2.29. The first kappa shape index (κ1) is 30.0. The van der Waals surface area contributed by atoms with Gasteiger partial charge in [-0.15, -0.1) is 0 Å². The lowest BCUT2D eigenvalue weighted by atomic mass is 9.75. The molecule has 41 heavy (non-hydrogen) atoms. The molecule has 11 heteroatoms. The molecule has 0 fully saturated rings. The number of methoxy groups -OCH3 is 1. The van der Waals surface area contributed by atoms with Gasteiger partial charge in [0, 0.05) is 35.7 Å². The number of nitrogens with one attached hydrogen (secondary N) is 4. The van der Waals surface area contributed by atoms with Crippen LogP contribution in [0.1, 0.15) is 69.2 Å². The van der Waals surface area contributed by atoms with Crippen molar-refractivity contribution in [1.29, 1.82) is 0 Å². The fourth-order valence-electron chi connectivity index (χ4n) is 5.43. The summed E-state index contributed by atoms with van der Waals surface area (Å²) < 4.78 is 5.28. The van der Waals surface area contributed by atoms with Gasteiger partial charge in [0.05, 0.1) is 29.8 Å². The van der Waals surface area contributed by atoms with Crippen molar-refractivity contribution in [2.24, 2.45) is 5.92 Å². The molecule has 0 aliphatic heterocycles. The van der Waals surface area contributed by atoms with Crippen molar-refractivity contribution in [3.63, 3.8) is 0 Å². The number of aromatic hydroxyl groups is 2. The van der Waals surface area contributed by atoms with E-state index in [1.807, 2.05) is 0 Å². The van der Waals surface area contributed by atoms with Crippen molar-refractivity contribution in [1.82, 2.24) is 21.3 Å². The predicted octanol–water partition coefficient (Wildman–Crippen LogP) is 1.20. The molecule has 2 aliphatic carbocycles. The van der Waals surface area contributed by atoms with Gasteiger partial charge in [-0.1, -0.05) is 12.1 Å². The summed E-state index contributed by atoms with van der Waals surface area (Å²) in [5.41, 5.74) is 0.450. The monoisotopic (exact) mass is 566 g/mol. The zero-order valence-electron chi connectivity index (χ0n) is 23.7. The van der Waals surface area contributed by atoms with E-state index in [1.165, 1.54) is 13.2 Å². The van der Waals surface area contributed by atoms with Crippen LogP contribution in [0.3, 0.4) is 0 Å². The number of amides is 2. The van der Waals surface area contributed by atoms with Gasteiger partial charge in [0.25, 0.3) is 0 Å². The van der Waals surface area contributed by atoms with Crippen molar-refractivity contribution in [3.8, 4) is 17.2 Å². The molecule has 2 aromatic rings. The van der Waals surface area contributed by atoms with Crippen LogP contribution in [0.25, 0.3) is 0 Å². The van der Waals surface area contributed by atoms with E-state index in [4.69, 9.17) is 4.74 Å². The van der Waals surface area contributed by atoms with Gasteiger partial charge in [0.2, 0.25) is 17.6 Å². The number of ketones is 2. The van der Waals surface area contributed by atoms with E-state index in [0.29, 0.717) is 37.2 Å². The number of likely N-dealkylation sites (N-methyl/N-ethyl adjacent to an activating group) is 1. The summed E-state index contributed by atoms with van der Waals surface area (Å²) >= 11 is 0. The maximum atomic E-state index is 13.4. The number of fused-ring (bicyclic) bond motifs is 3. The van der Waals surface area contributed by atoms with E-state index in [9.17, 15) is 29.4 Å². The second kappa shape index (κ2) is 13.1. The molecule has 0 saturated carbocycles. The Hall–Kier alpha value is -3.96. The van der Waals surface area contributed by atoms with E-state index in [-0.39, 0.29) is 70.2 Å². The molecule has 0 spiro atoms. The molecule has 2 aliphatic rings. The van der Waals surface area contributed by atoms with E-state index < -0.39 is 17.5 Å². The maximum absolute atomic E-state index is 13.4.